The molecule has 62 heavy (non-hydrogen) atoms. The predicted molar refractivity (Wildman–Crippen MR) is 250 cm³/mol. The van der Waals surface area contributed by atoms with Gasteiger partial charge in [-0.05, 0) is 156 Å². The fourth-order valence-electron chi connectivity index (χ4n) is 11.8. The highest BCUT2D eigenvalue weighted by Gasteiger charge is 2.59. The fourth-order valence-corrected chi connectivity index (χ4v) is 11.8. The smallest absolute Gasteiger partial charge is 0.177 e. The minimum atomic E-state index is -0.713. The molecule has 0 radical (unpaired) electrons. The van der Waals surface area contributed by atoms with Crippen LogP contribution in [-0.2, 0) is 33.3 Å². The Labute approximate surface area is 377 Å². The Balaban J connectivity index is 0.971. The number of allylic oxidation sites excluding steroid dienone is 1. The molecular formula is C50H93N5O7. The Kier molecular flexibility index (Phi) is 24.6. The van der Waals surface area contributed by atoms with Crippen molar-refractivity contribution in [3.8, 4) is 0 Å². The second kappa shape index (κ2) is 28.7. The zero-order valence-corrected chi connectivity index (χ0v) is 40.1. The number of ether oxygens (including phenoxy) is 5. The van der Waals surface area contributed by atoms with Crippen molar-refractivity contribution < 1.29 is 33.3 Å². The third kappa shape index (κ3) is 16.8. The number of nitrogens with two attached hydrogens (primary N) is 3. The van der Waals surface area contributed by atoms with Crippen LogP contribution in [-0.4, -0.2) is 122 Å². The summed E-state index contributed by atoms with van der Waals surface area (Å²) in [7, 11) is 0. The number of fused-ring (bicyclic) bond motifs is 5. The van der Waals surface area contributed by atoms with E-state index < -0.39 is 12.1 Å². The first-order chi connectivity index (χ1) is 29.9. The van der Waals surface area contributed by atoms with Gasteiger partial charge in [0.05, 0.1) is 71.0 Å². The molecule has 0 aromatic heterocycles. The van der Waals surface area contributed by atoms with Crippen LogP contribution in [0.1, 0.15) is 137 Å². The van der Waals surface area contributed by atoms with Crippen molar-refractivity contribution in [2.45, 2.75) is 156 Å². The molecule has 3 fully saturated rings. The van der Waals surface area contributed by atoms with Crippen molar-refractivity contribution in [3.63, 3.8) is 0 Å². The van der Waals surface area contributed by atoms with Crippen LogP contribution < -0.4 is 27.8 Å². The Morgan fingerprint density at radius 2 is 1.39 bits per heavy atom. The molecule has 10 atom stereocenters. The molecule has 0 heterocycles. The van der Waals surface area contributed by atoms with E-state index in [1.165, 1.54) is 51.4 Å². The number of ketones is 2. The Morgan fingerprint density at radius 3 is 2.08 bits per heavy atom. The lowest BCUT2D eigenvalue weighted by Crippen LogP contribution is -2.51. The van der Waals surface area contributed by atoms with Gasteiger partial charge in [0.15, 0.2) is 11.6 Å². The van der Waals surface area contributed by atoms with Crippen molar-refractivity contribution >= 4 is 11.6 Å². The van der Waals surface area contributed by atoms with Gasteiger partial charge >= 0.3 is 0 Å². The molecule has 4 rings (SSSR count). The minimum Gasteiger partial charge on any atom is -0.379 e. The maximum atomic E-state index is 12.9. The van der Waals surface area contributed by atoms with Crippen molar-refractivity contribution in [2.75, 3.05) is 92.2 Å². The van der Waals surface area contributed by atoms with Gasteiger partial charge < -0.3 is 51.5 Å². The third-order valence-corrected chi connectivity index (χ3v) is 15.6. The largest absolute Gasteiger partial charge is 0.379 e. The Bertz CT molecular complexity index is 1300. The van der Waals surface area contributed by atoms with Gasteiger partial charge in [0, 0.05) is 6.42 Å². The van der Waals surface area contributed by atoms with E-state index in [4.69, 9.17) is 40.9 Å². The molecular weight excluding hydrogens is 783 g/mol. The summed E-state index contributed by atoms with van der Waals surface area (Å²) in [6, 6.07) is -1.18. The van der Waals surface area contributed by atoms with E-state index in [0.29, 0.717) is 64.5 Å². The van der Waals surface area contributed by atoms with E-state index in [9.17, 15) is 9.59 Å². The monoisotopic (exact) mass is 876 g/mol. The van der Waals surface area contributed by atoms with Gasteiger partial charge in [0.1, 0.15) is 6.61 Å². The van der Waals surface area contributed by atoms with Crippen molar-refractivity contribution in [2.24, 2.45) is 63.5 Å². The van der Waals surface area contributed by atoms with E-state index in [-0.39, 0.29) is 36.3 Å². The molecule has 4 aliphatic carbocycles. The summed E-state index contributed by atoms with van der Waals surface area (Å²) in [4.78, 5) is 25.2. The lowest BCUT2D eigenvalue weighted by atomic mass is 9.47. The first kappa shape index (κ1) is 53.3. The number of hydrogen-bond donors (Lipinski definition) is 5. The molecule has 0 aliphatic heterocycles. The fraction of sp³-hybridized carbons (Fsp3) is 0.920. The molecule has 0 amide bonds. The average molecular weight is 876 g/mol. The molecule has 360 valence electrons. The number of carbonyl (C=O) groups excluding carboxylic acids is 2. The summed E-state index contributed by atoms with van der Waals surface area (Å²) < 4.78 is 28.6. The highest BCUT2D eigenvalue weighted by molar-refractivity contribution is 5.85. The molecule has 3 saturated carbocycles. The molecule has 4 aliphatic rings. The Hall–Kier alpha value is -1.32. The van der Waals surface area contributed by atoms with Gasteiger partial charge in [-0.2, -0.15) is 0 Å². The molecule has 0 spiro atoms. The lowest BCUT2D eigenvalue weighted by Gasteiger charge is -2.58. The van der Waals surface area contributed by atoms with Gasteiger partial charge in [-0.15, -0.1) is 0 Å². The van der Waals surface area contributed by atoms with Gasteiger partial charge in [-0.25, -0.2) is 0 Å². The summed E-state index contributed by atoms with van der Waals surface area (Å²) in [6.07, 6.45) is 20.9. The molecule has 0 aromatic carbocycles. The number of carbonyl (C=O) groups is 2. The average Bonchev–Trinajstić information content (AvgIpc) is 3.61. The van der Waals surface area contributed by atoms with E-state index >= 15 is 0 Å². The third-order valence-electron chi connectivity index (χ3n) is 15.6. The number of rotatable bonds is 35. The first-order valence-corrected chi connectivity index (χ1v) is 25.2. The zero-order valence-electron chi connectivity index (χ0n) is 40.1. The summed E-state index contributed by atoms with van der Waals surface area (Å²) in [5.41, 5.74) is 20.1. The molecule has 12 heteroatoms. The standard InChI is InChI=1S/C50H93N5O7/c1-37(2)10-8-11-38(3)42-14-15-43-41-13-12-39-34-40(16-20-49(39,4)44(41)17-21-50(42,43)5)62-36-48(57)46(53)35-61-33-32-60-31-30-59-29-28-58-27-19-47(56)45(52)18-26-55-24-7-6-23-54-25-9-22-51/h12,37-38,40-46,54-55H,6-11,13-36,51-53H2,1-5H3/t38-,40+,41+,42-,43+,44+,45?,46?,49+,50-/m1/s1. The predicted octanol–water partition coefficient (Wildman–Crippen LogP) is 6.36. The van der Waals surface area contributed by atoms with Gasteiger partial charge in [0.2, 0.25) is 0 Å². The lowest BCUT2D eigenvalue weighted by molar-refractivity contribution is -0.129. The highest BCUT2D eigenvalue weighted by atomic mass is 16.6. The topological polar surface area (TPSA) is 182 Å². The molecule has 0 saturated heterocycles. The second-order valence-electron chi connectivity index (χ2n) is 20.4. The minimum absolute atomic E-state index is 0.0218. The van der Waals surface area contributed by atoms with Gasteiger partial charge in [-0.3, -0.25) is 9.59 Å². The van der Waals surface area contributed by atoms with Crippen LogP contribution in [0.2, 0.25) is 0 Å². The summed E-state index contributed by atoms with van der Waals surface area (Å²) in [5.74, 6) is 4.90. The second-order valence-corrected chi connectivity index (χ2v) is 20.4. The molecule has 0 bridgehead atoms. The molecule has 2 unspecified atom stereocenters. The maximum Gasteiger partial charge on any atom is 0.177 e. The first-order valence-electron chi connectivity index (χ1n) is 25.2. The van der Waals surface area contributed by atoms with Crippen molar-refractivity contribution in [3.05, 3.63) is 11.6 Å². The molecule has 12 nitrogen and oxygen atoms in total. The summed E-state index contributed by atoms with van der Waals surface area (Å²) >= 11 is 0. The Morgan fingerprint density at radius 1 is 0.726 bits per heavy atom. The van der Waals surface area contributed by atoms with Crippen LogP contribution in [0.15, 0.2) is 11.6 Å². The van der Waals surface area contributed by atoms with Gasteiger partial charge in [0.25, 0.3) is 0 Å². The normalized spacial score (nSPS) is 28.5. The van der Waals surface area contributed by atoms with E-state index in [1.54, 1.807) is 5.57 Å². The van der Waals surface area contributed by atoms with Crippen LogP contribution in [0.3, 0.4) is 0 Å². The van der Waals surface area contributed by atoms with Crippen LogP contribution in [0.4, 0.5) is 0 Å². The molecule has 8 N–H and O–H groups in total. The summed E-state index contributed by atoms with van der Waals surface area (Å²) in [6.45, 7) is 19.8. The van der Waals surface area contributed by atoms with E-state index in [2.05, 4.69) is 51.3 Å². The van der Waals surface area contributed by atoms with Crippen molar-refractivity contribution in [1.29, 1.82) is 0 Å². The SMILES string of the molecule is CC(C)CCC[C@@H](C)[C@H]1CC[C@H]2[C@@H]3CC=C4C[C@@H](OCC(=O)C(N)COCCOCCOCCOCCC(=O)C(N)CCNCCCCNCCCN)CC[C@]4(C)[C@H]3CC[C@]12C. The number of unbranched alkanes of at least 4 members (excludes halogenated alkanes) is 1. The van der Waals surface area contributed by atoms with Crippen LogP contribution in [0, 0.1) is 46.3 Å². The van der Waals surface area contributed by atoms with Crippen molar-refractivity contribution in [1.82, 2.24) is 10.6 Å². The van der Waals surface area contributed by atoms with Crippen LogP contribution in [0.25, 0.3) is 0 Å². The summed E-state index contributed by atoms with van der Waals surface area (Å²) in [5, 5.41) is 6.74. The number of Topliss-reactive ketones (excluding diaryl/α,β-unsaturated/α-hetero) is 2. The van der Waals surface area contributed by atoms with E-state index in [0.717, 1.165) is 107 Å². The number of nitrogens with one attached hydrogen (secondary N) is 2. The highest BCUT2D eigenvalue weighted by Crippen LogP contribution is 2.67. The van der Waals surface area contributed by atoms with Crippen LogP contribution in [0.5, 0.6) is 0 Å². The maximum absolute atomic E-state index is 12.9. The molecule has 0 aromatic rings. The van der Waals surface area contributed by atoms with Crippen LogP contribution >= 0.6 is 0 Å². The van der Waals surface area contributed by atoms with Gasteiger partial charge in [-0.1, -0.05) is 65.5 Å². The van der Waals surface area contributed by atoms with E-state index in [1.807, 2.05) is 0 Å². The quantitative estimate of drug-likeness (QED) is 0.0352. The zero-order chi connectivity index (χ0) is 44.8. The number of hydrogen-bond acceptors (Lipinski definition) is 12.